The van der Waals surface area contributed by atoms with Gasteiger partial charge in [-0.2, -0.15) is 0 Å². The Labute approximate surface area is 190 Å². The summed E-state index contributed by atoms with van der Waals surface area (Å²) < 4.78 is 5.04. The normalized spacial score (nSPS) is 11.9. The Morgan fingerprint density at radius 2 is 1.87 bits per heavy atom. The number of amides is 1. The minimum absolute atomic E-state index is 0. The van der Waals surface area contributed by atoms with E-state index in [1.807, 2.05) is 0 Å². The third kappa shape index (κ3) is 17.0. The van der Waals surface area contributed by atoms with Crippen molar-refractivity contribution in [3.8, 4) is 0 Å². The number of nitrogens with zero attached hydrogens (tertiary/aromatic N) is 1. The zero-order valence-electron chi connectivity index (χ0n) is 16.5. The van der Waals surface area contributed by atoms with E-state index in [-0.39, 0.29) is 41.6 Å². The summed E-state index contributed by atoms with van der Waals surface area (Å²) in [5, 5.41) is 14.1. The van der Waals surface area contributed by atoms with Crippen molar-refractivity contribution >= 4 is 58.5 Å². The molecule has 0 aliphatic carbocycles. The fourth-order valence-corrected chi connectivity index (χ4v) is 2.94. The summed E-state index contributed by atoms with van der Waals surface area (Å²) in [7, 11) is 0. The maximum Gasteiger partial charge on any atom is 0.329 e. The van der Waals surface area contributed by atoms with E-state index in [9.17, 15) is 24.5 Å². The van der Waals surface area contributed by atoms with Gasteiger partial charge in [-0.05, 0) is 37.9 Å². The summed E-state index contributed by atoms with van der Waals surface area (Å²) in [4.78, 5) is 49.7. The summed E-state index contributed by atoms with van der Waals surface area (Å²) in [6, 6.07) is -1.75. The second-order valence-electron chi connectivity index (χ2n) is 5.85. The highest BCUT2D eigenvalue weighted by Crippen LogP contribution is 2.11. The zero-order valence-corrected chi connectivity index (χ0v) is 18.9. The van der Waals surface area contributed by atoms with Crippen molar-refractivity contribution in [3.63, 3.8) is 0 Å². The molecule has 0 spiro atoms. The average Bonchev–Trinajstić information content (AvgIpc) is 2.63. The van der Waals surface area contributed by atoms with Gasteiger partial charge in [0.05, 0.1) is 19.3 Å². The summed E-state index contributed by atoms with van der Waals surface area (Å²) >= 11 is 5.50. The van der Waals surface area contributed by atoms with Gasteiger partial charge >= 0.3 is 5.97 Å². The number of hydrogen-bond acceptors (Lipinski definition) is 10. The number of ether oxygens (including phenoxy) is 1. The first kappa shape index (κ1) is 30.3. The average molecular weight is 490 g/mol. The van der Waals surface area contributed by atoms with Crippen molar-refractivity contribution in [2.24, 2.45) is 11.5 Å². The van der Waals surface area contributed by atoms with Crippen LogP contribution in [0.4, 0.5) is 0 Å². The predicted molar refractivity (Wildman–Crippen MR) is 117 cm³/mol. The first-order valence-electron chi connectivity index (χ1n) is 8.80. The molecule has 174 valence electrons. The van der Waals surface area contributed by atoms with Crippen molar-refractivity contribution in [2.75, 3.05) is 25.5 Å². The molecule has 0 saturated carbocycles. The summed E-state index contributed by atoms with van der Waals surface area (Å²) in [5.41, 5.74) is 11.1. The van der Waals surface area contributed by atoms with Crippen LogP contribution in [0.1, 0.15) is 32.6 Å². The van der Waals surface area contributed by atoms with Crippen molar-refractivity contribution in [2.45, 2.75) is 44.7 Å². The molecule has 0 saturated heterocycles. The third-order valence-corrected chi connectivity index (χ3v) is 4.56. The number of thioether (sulfide) groups is 1. The number of carbonyl (C=O) groups is 3. The van der Waals surface area contributed by atoms with E-state index in [2.05, 4.69) is 27.7 Å². The molecule has 30 heavy (non-hydrogen) atoms. The smallest absolute Gasteiger partial charge is 0.329 e. The van der Waals surface area contributed by atoms with Crippen molar-refractivity contribution in [1.29, 1.82) is 0 Å². The van der Waals surface area contributed by atoms with Crippen LogP contribution in [0.5, 0.6) is 0 Å². The van der Waals surface area contributed by atoms with Crippen LogP contribution < -0.4 is 22.1 Å². The van der Waals surface area contributed by atoms with Gasteiger partial charge in [0.1, 0.15) is 6.04 Å². The van der Waals surface area contributed by atoms with Crippen LogP contribution >= 0.6 is 36.4 Å². The summed E-state index contributed by atoms with van der Waals surface area (Å²) in [6.45, 7) is 1.63. The van der Waals surface area contributed by atoms with E-state index in [0.29, 0.717) is 32.2 Å². The molecule has 12 nitrogen and oxygen atoms in total. The molecular weight excluding hydrogens is 462 g/mol. The monoisotopic (exact) mass is 489 g/mol. The van der Waals surface area contributed by atoms with Crippen LogP contribution in [0, 0.1) is 10.1 Å². The van der Waals surface area contributed by atoms with Crippen LogP contribution in [-0.4, -0.2) is 64.8 Å². The lowest BCUT2D eigenvalue weighted by molar-refractivity contribution is -0.757. The van der Waals surface area contributed by atoms with E-state index in [4.69, 9.17) is 16.2 Å². The second-order valence-corrected chi connectivity index (χ2v) is 7.32. The van der Waals surface area contributed by atoms with Gasteiger partial charge in [-0.3, -0.25) is 9.59 Å². The zero-order chi connectivity index (χ0) is 22.2. The van der Waals surface area contributed by atoms with E-state index in [1.165, 1.54) is 6.92 Å². The lowest BCUT2D eigenvalue weighted by atomic mass is 10.2. The Morgan fingerprint density at radius 3 is 2.43 bits per heavy atom. The molecule has 0 heterocycles. The van der Waals surface area contributed by atoms with Gasteiger partial charge < -0.3 is 31.7 Å². The van der Waals surface area contributed by atoms with Crippen LogP contribution in [0.2, 0.25) is 0 Å². The highest BCUT2D eigenvalue weighted by molar-refractivity contribution is 8.13. The third-order valence-electron chi connectivity index (χ3n) is 3.33. The lowest BCUT2D eigenvalue weighted by Crippen LogP contribution is -2.43. The maximum absolute atomic E-state index is 12.1. The first-order chi connectivity index (χ1) is 13.6. The van der Waals surface area contributed by atoms with Crippen LogP contribution in [-0.2, 0) is 24.0 Å². The molecule has 0 radical (unpaired) electrons. The molecule has 0 aromatic carbocycles. The molecule has 15 heteroatoms. The molecule has 6 N–H and O–H groups in total. The number of nitrogens with two attached hydrogens (primary N) is 2. The molecule has 0 rings (SSSR count). The Balaban J connectivity index is 0. The molecular formula is C15H28ClN5O7S2. The van der Waals surface area contributed by atoms with Gasteiger partial charge in [0, 0.05) is 19.2 Å². The molecule has 0 aromatic rings. The maximum atomic E-state index is 12.1. The van der Waals surface area contributed by atoms with Crippen molar-refractivity contribution in [1.82, 2.24) is 10.6 Å². The molecule has 0 aliphatic heterocycles. The van der Waals surface area contributed by atoms with Crippen LogP contribution in [0.25, 0.3) is 0 Å². The Hall–Kier alpha value is -1.90. The van der Waals surface area contributed by atoms with E-state index in [0.717, 1.165) is 11.8 Å². The molecule has 1 amide bonds. The number of halogens is 1. The minimum atomic E-state index is -1.01. The van der Waals surface area contributed by atoms with Gasteiger partial charge in [0.25, 0.3) is 5.09 Å². The molecule has 0 aliphatic rings. The van der Waals surface area contributed by atoms with Gasteiger partial charge in [0.2, 0.25) is 11.0 Å². The SMILES string of the molecule is CC(=O)N[C@@H](CSC(=O)C(N)CCCNC(N)=S)C(=O)OCCCCO[N+](=O)[O-].Cl. The number of unbranched alkanes of at least 4 members (excludes halogenated alkanes) is 1. The van der Waals surface area contributed by atoms with Gasteiger partial charge in [-0.15, -0.1) is 22.5 Å². The number of carbonyl (C=O) groups excluding carboxylic acids is 3. The molecule has 2 atom stereocenters. The van der Waals surface area contributed by atoms with Gasteiger partial charge in [-0.25, -0.2) is 4.79 Å². The van der Waals surface area contributed by atoms with Crippen LogP contribution in [0.15, 0.2) is 0 Å². The summed E-state index contributed by atoms with van der Waals surface area (Å²) in [5.74, 6) is -1.18. The predicted octanol–water partition coefficient (Wildman–Crippen LogP) is -0.355. The molecule has 1 unspecified atom stereocenters. The van der Waals surface area contributed by atoms with Crippen LogP contribution in [0.3, 0.4) is 0 Å². The van der Waals surface area contributed by atoms with E-state index in [1.54, 1.807) is 0 Å². The largest absolute Gasteiger partial charge is 0.464 e. The second kappa shape index (κ2) is 17.9. The summed E-state index contributed by atoms with van der Waals surface area (Å²) in [6.07, 6.45) is 1.67. The van der Waals surface area contributed by atoms with Gasteiger partial charge in [-0.1, -0.05) is 11.8 Å². The number of nitrogens with one attached hydrogen (secondary N) is 2. The number of thiocarbonyl (C=S) groups is 1. The first-order valence-corrected chi connectivity index (χ1v) is 10.2. The highest BCUT2D eigenvalue weighted by Gasteiger charge is 2.24. The lowest BCUT2D eigenvalue weighted by Gasteiger charge is -2.17. The van der Waals surface area contributed by atoms with Gasteiger partial charge in [0.15, 0.2) is 5.11 Å². The Bertz CT molecular complexity index is 586. The molecule has 0 aromatic heterocycles. The van der Waals surface area contributed by atoms with E-state index < -0.39 is 29.0 Å². The Morgan fingerprint density at radius 1 is 1.23 bits per heavy atom. The quantitative estimate of drug-likeness (QED) is 0.0769. The number of hydrogen-bond donors (Lipinski definition) is 4. The topological polar surface area (TPSA) is 189 Å². The van der Waals surface area contributed by atoms with E-state index >= 15 is 0 Å². The fraction of sp³-hybridized carbons (Fsp3) is 0.733. The highest BCUT2D eigenvalue weighted by atomic mass is 35.5. The molecule has 0 fully saturated rings. The number of esters is 1. The fourth-order valence-electron chi connectivity index (χ4n) is 1.95. The van der Waals surface area contributed by atoms with Crippen molar-refractivity contribution < 1.29 is 29.0 Å². The standard InChI is InChI=1S/C15H27N5O7S2.ClH/c1-10(21)19-12(13(22)26-7-2-3-8-27-20(24)25)9-29-14(23)11(16)5-4-6-18-15(17)28;/h11-12H,2-9,16H2,1H3,(H,19,21)(H3,17,18,28);1H/t11?,12-;/m0./s1. The minimum Gasteiger partial charge on any atom is -0.464 e. The Kier molecular flexibility index (Phi) is 18.1. The molecule has 0 bridgehead atoms. The van der Waals surface area contributed by atoms with Crippen molar-refractivity contribution in [3.05, 3.63) is 10.1 Å². The number of rotatable bonds is 15.